The molecule has 8 heteroatoms. The minimum absolute atomic E-state index is 0.243. The molecule has 7 nitrogen and oxygen atoms in total. The molecule has 0 fully saturated rings. The third-order valence-corrected chi connectivity index (χ3v) is 5.95. The lowest BCUT2D eigenvalue weighted by Gasteiger charge is -2.14. The molecule has 0 saturated heterocycles. The van der Waals surface area contributed by atoms with Crippen molar-refractivity contribution in [1.82, 2.24) is 14.9 Å². The van der Waals surface area contributed by atoms with Gasteiger partial charge in [-0.1, -0.05) is 41.9 Å². The molecular weight excluding hydrogens is 454 g/mol. The molecule has 1 aromatic heterocycles. The summed E-state index contributed by atoms with van der Waals surface area (Å²) in [5, 5.41) is 3.67. The van der Waals surface area contributed by atoms with Gasteiger partial charge in [-0.05, 0) is 35.9 Å². The number of benzene rings is 3. The summed E-state index contributed by atoms with van der Waals surface area (Å²) in [4.78, 5) is 17.7. The van der Waals surface area contributed by atoms with Gasteiger partial charge >= 0.3 is 0 Å². The first kappa shape index (κ1) is 23.4. The maximum Gasteiger partial charge on any atom is 0.251 e. The standard InChI is InChI=1S/C26H26ClN3O4/c1-32-22-14-18(15-23(33-2)25(22)34-3)26(31)28-13-12-24-29-20-10-6-7-11-21(20)30(24)16-17-8-4-5-9-19(17)27/h4-11,14-15H,12-13,16H2,1-3H3,(H,28,31). The second-order valence-corrected chi connectivity index (χ2v) is 8.02. The highest BCUT2D eigenvalue weighted by Gasteiger charge is 2.17. The Kier molecular flexibility index (Phi) is 7.23. The topological polar surface area (TPSA) is 74.6 Å². The number of carbonyl (C=O) groups is 1. The van der Waals surface area contributed by atoms with Gasteiger partial charge in [-0.15, -0.1) is 0 Å². The van der Waals surface area contributed by atoms with E-state index in [0.29, 0.717) is 47.3 Å². The molecular formula is C26H26ClN3O4. The van der Waals surface area contributed by atoms with E-state index in [1.165, 1.54) is 21.3 Å². The lowest BCUT2D eigenvalue weighted by molar-refractivity contribution is 0.0953. The summed E-state index contributed by atoms with van der Waals surface area (Å²) in [7, 11) is 4.56. The van der Waals surface area contributed by atoms with Gasteiger partial charge in [-0.3, -0.25) is 4.79 Å². The Morgan fingerprint density at radius 3 is 2.32 bits per heavy atom. The number of hydrogen-bond donors (Lipinski definition) is 1. The number of methoxy groups -OCH3 is 3. The summed E-state index contributed by atoms with van der Waals surface area (Å²) in [6.07, 6.45) is 0.551. The van der Waals surface area contributed by atoms with Crippen LogP contribution in [0.4, 0.5) is 0 Å². The Morgan fingerprint density at radius 2 is 1.65 bits per heavy atom. The second kappa shape index (κ2) is 10.5. The van der Waals surface area contributed by atoms with Crippen molar-refractivity contribution in [3.63, 3.8) is 0 Å². The van der Waals surface area contributed by atoms with Gasteiger partial charge in [0.1, 0.15) is 5.82 Å². The largest absolute Gasteiger partial charge is 0.493 e. The number of aromatic nitrogens is 2. The van der Waals surface area contributed by atoms with E-state index in [1.54, 1.807) is 12.1 Å². The predicted octanol–water partition coefficient (Wildman–Crippen LogP) is 4.74. The van der Waals surface area contributed by atoms with Crippen LogP contribution in [0, 0.1) is 0 Å². The van der Waals surface area contributed by atoms with Crippen molar-refractivity contribution < 1.29 is 19.0 Å². The Labute approximate surface area is 203 Å². The number of amides is 1. The zero-order chi connectivity index (χ0) is 24.1. The van der Waals surface area contributed by atoms with Gasteiger partial charge in [-0.25, -0.2) is 4.98 Å². The SMILES string of the molecule is COc1cc(C(=O)NCCc2nc3ccccc3n2Cc2ccccc2Cl)cc(OC)c1OC. The fraction of sp³-hybridized carbons (Fsp3) is 0.231. The van der Waals surface area contributed by atoms with Crippen molar-refractivity contribution in [3.8, 4) is 17.2 Å². The van der Waals surface area contributed by atoms with Crippen LogP contribution in [-0.2, 0) is 13.0 Å². The Morgan fingerprint density at radius 1 is 0.971 bits per heavy atom. The van der Waals surface area contributed by atoms with Crippen molar-refractivity contribution >= 4 is 28.5 Å². The summed E-state index contributed by atoms with van der Waals surface area (Å²) in [6.45, 7) is 0.998. The molecule has 0 bridgehead atoms. The van der Waals surface area contributed by atoms with E-state index in [1.807, 2.05) is 48.5 Å². The summed E-state index contributed by atoms with van der Waals surface area (Å²) in [6, 6.07) is 19.0. The number of nitrogens with one attached hydrogen (secondary N) is 1. The molecule has 0 atom stereocenters. The molecule has 1 amide bonds. The monoisotopic (exact) mass is 479 g/mol. The third-order valence-electron chi connectivity index (χ3n) is 5.58. The average molecular weight is 480 g/mol. The number of nitrogens with zero attached hydrogens (tertiary/aromatic N) is 2. The van der Waals surface area contributed by atoms with E-state index >= 15 is 0 Å². The van der Waals surface area contributed by atoms with E-state index in [2.05, 4.69) is 9.88 Å². The number of fused-ring (bicyclic) bond motifs is 1. The number of halogens is 1. The molecule has 4 aromatic rings. The maximum absolute atomic E-state index is 12.9. The number of imidazole rings is 1. The van der Waals surface area contributed by atoms with Crippen LogP contribution in [0.2, 0.25) is 5.02 Å². The highest BCUT2D eigenvalue weighted by Crippen LogP contribution is 2.38. The zero-order valence-electron chi connectivity index (χ0n) is 19.3. The average Bonchev–Trinajstić information content (AvgIpc) is 3.21. The molecule has 176 valence electrons. The summed E-state index contributed by atoms with van der Waals surface area (Å²) >= 11 is 6.41. The second-order valence-electron chi connectivity index (χ2n) is 7.61. The molecule has 0 aliphatic rings. The molecule has 1 N–H and O–H groups in total. The third kappa shape index (κ3) is 4.79. The minimum Gasteiger partial charge on any atom is -0.493 e. The van der Waals surface area contributed by atoms with Crippen LogP contribution in [0.25, 0.3) is 11.0 Å². The molecule has 0 saturated carbocycles. The fourth-order valence-corrected chi connectivity index (χ4v) is 4.09. The Bertz CT molecular complexity index is 1290. The van der Waals surface area contributed by atoms with Gasteiger partial charge in [0.2, 0.25) is 5.75 Å². The van der Waals surface area contributed by atoms with Crippen molar-refractivity contribution in [2.24, 2.45) is 0 Å². The zero-order valence-corrected chi connectivity index (χ0v) is 20.1. The van der Waals surface area contributed by atoms with Crippen LogP contribution < -0.4 is 19.5 Å². The van der Waals surface area contributed by atoms with Gasteiger partial charge in [0, 0.05) is 23.6 Å². The number of carbonyl (C=O) groups excluding carboxylic acids is 1. The van der Waals surface area contributed by atoms with Crippen molar-refractivity contribution in [3.05, 3.63) is 82.6 Å². The van der Waals surface area contributed by atoms with E-state index < -0.39 is 0 Å². The van der Waals surface area contributed by atoms with E-state index in [9.17, 15) is 4.79 Å². The van der Waals surface area contributed by atoms with Crippen LogP contribution >= 0.6 is 11.6 Å². The summed E-state index contributed by atoms with van der Waals surface area (Å²) in [5.41, 5.74) is 3.35. The van der Waals surface area contributed by atoms with Crippen molar-refractivity contribution in [1.29, 1.82) is 0 Å². The lowest BCUT2D eigenvalue weighted by atomic mass is 10.1. The molecule has 0 spiro atoms. The Balaban J connectivity index is 1.53. The van der Waals surface area contributed by atoms with Gasteiger partial charge in [0.05, 0.1) is 38.9 Å². The summed E-state index contributed by atoms with van der Waals surface area (Å²) < 4.78 is 18.2. The number of hydrogen-bond acceptors (Lipinski definition) is 5. The number of ether oxygens (including phenoxy) is 3. The van der Waals surface area contributed by atoms with Gasteiger partial charge in [0.15, 0.2) is 11.5 Å². The maximum atomic E-state index is 12.9. The van der Waals surface area contributed by atoms with Crippen LogP contribution in [0.1, 0.15) is 21.7 Å². The molecule has 4 rings (SSSR count). The molecule has 34 heavy (non-hydrogen) atoms. The molecule has 1 heterocycles. The van der Waals surface area contributed by atoms with Gasteiger partial charge in [-0.2, -0.15) is 0 Å². The van der Waals surface area contributed by atoms with Gasteiger partial charge < -0.3 is 24.1 Å². The normalized spacial score (nSPS) is 10.8. The first-order chi connectivity index (χ1) is 16.5. The highest BCUT2D eigenvalue weighted by atomic mass is 35.5. The van der Waals surface area contributed by atoms with Crippen molar-refractivity contribution in [2.75, 3.05) is 27.9 Å². The lowest BCUT2D eigenvalue weighted by Crippen LogP contribution is -2.26. The van der Waals surface area contributed by atoms with E-state index in [0.717, 1.165) is 22.4 Å². The minimum atomic E-state index is -0.243. The molecule has 0 radical (unpaired) electrons. The van der Waals surface area contributed by atoms with Crippen molar-refractivity contribution in [2.45, 2.75) is 13.0 Å². The first-order valence-corrected chi connectivity index (χ1v) is 11.2. The molecule has 3 aromatic carbocycles. The van der Waals surface area contributed by atoms with E-state index in [-0.39, 0.29) is 5.91 Å². The molecule has 0 aliphatic carbocycles. The van der Waals surface area contributed by atoms with E-state index in [4.69, 9.17) is 30.8 Å². The van der Waals surface area contributed by atoms with Gasteiger partial charge in [0.25, 0.3) is 5.91 Å². The first-order valence-electron chi connectivity index (χ1n) is 10.8. The molecule has 0 aliphatic heterocycles. The number of rotatable bonds is 9. The fourth-order valence-electron chi connectivity index (χ4n) is 3.89. The molecule has 0 unspecified atom stereocenters. The smallest absolute Gasteiger partial charge is 0.251 e. The van der Waals surface area contributed by atoms with Crippen LogP contribution in [-0.4, -0.2) is 43.3 Å². The number of para-hydroxylation sites is 2. The van der Waals surface area contributed by atoms with Crippen LogP contribution in [0.3, 0.4) is 0 Å². The summed E-state index contributed by atoms with van der Waals surface area (Å²) in [5.74, 6) is 1.91. The quantitative estimate of drug-likeness (QED) is 0.375. The van der Waals surface area contributed by atoms with Crippen LogP contribution in [0.5, 0.6) is 17.2 Å². The highest BCUT2D eigenvalue weighted by molar-refractivity contribution is 6.31. The predicted molar refractivity (Wildman–Crippen MR) is 132 cm³/mol. The van der Waals surface area contributed by atoms with Crippen LogP contribution in [0.15, 0.2) is 60.7 Å². The Hall–Kier alpha value is -3.71.